The highest BCUT2D eigenvalue weighted by Crippen LogP contribution is 2.54. The van der Waals surface area contributed by atoms with E-state index in [-0.39, 0.29) is 30.2 Å². The fourth-order valence-electron chi connectivity index (χ4n) is 6.91. The van der Waals surface area contributed by atoms with E-state index in [1.165, 1.54) is 0 Å². The first-order chi connectivity index (χ1) is 18.3. The van der Waals surface area contributed by atoms with Gasteiger partial charge < -0.3 is 29.3 Å². The summed E-state index contributed by atoms with van der Waals surface area (Å²) < 4.78 is 12.1. The molecule has 210 valence electrons. The van der Waals surface area contributed by atoms with Crippen LogP contribution in [0.2, 0.25) is 0 Å². The number of morpholine rings is 1. The van der Waals surface area contributed by atoms with Crippen LogP contribution in [0.4, 0.5) is 0 Å². The Morgan fingerprint density at radius 3 is 2.39 bits per heavy atom. The van der Waals surface area contributed by atoms with Crippen molar-refractivity contribution in [3.05, 3.63) is 24.3 Å². The normalized spacial score (nSPS) is 34.4. The summed E-state index contributed by atoms with van der Waals surface area (Å²) in [4.78, 5) is 49.9. The van der Waals surface area contributed by atoms with Crippen molar-refractivity contribution in [1.29, 1.82) is 0 Å². The van der Waals surface area contributed by atoms with Crippen LogP contribution in [-0.4, -0.2) is 132 Å². The van der Waals surface area contributed by atoms with Gasteiger partial charge in [-0.15, -0.1) is 0 Å². The lowest BCUT2D eigenvalue weighted by Crippen LogP contribution is -2.59. The first-order valence-electron chi connectivity index (χ1n) is 14.2. The number of rotatable bonds is 8. The van der Waals surface area contributed by atoms with E-state index < -0.39 is 35.6 Å². The van der Waals surface area contributed by atoms with Crippen LogP contribution in [0.15, 0.2) is 24.3 Å². The molecule has 0 aliphatic carbocycles. The molecule has 0 aromatic carbocycles. The number of nitrogens with zero attached hydrogens (tertiary/aromatic N) is 4. The Balaban J connectivity index is 1.52. The van der Waals surface area contributed by atoms with E-state index in [0.717, 1.165) is 19.5 Å². The van der Waals surface area contributed by atoms with Crippen molar-refractivity contribution in [2.24, 2.45) is 17.8 Å². The van der Waals surface area contributed by atoms with Crippen LogP contribution in [0.3, 0.4) is 0 Å². The molecule has 38 heavy (non-hydrogen) atoms. The van der Waals surface area contributed by atoms with Crippen molar-refractivity contribution in [1.82, 2.24) is 19.6 Å². The summed E-state index contributed by atoms with van der Waals surface area (Å²) in [6.07, 6.45) is 7.87. The molecule has 0 radical (unpaired) electrons. The predicted octanol–water partition coefficient (Wildman–Crippen LogP) is 0.123. The molecule has 0 bridgehead atoms. The van der Waals surface area contributed by atoms with Gasteiger partial charge in [-0.1, -0.05) is 45.1 Å². The number of amides is 3. The third-order valence-corrected chi connectivity index (χ3v) is 8.86. The van der Waals surface area contributed by atoms with Gasteiger partial charge in [0.25, 0.3) is 0 Å². The van der Waals surface area contributed by atoms with Crippen LogP contribution < -0.4 is 0 Å². The maximum atomic E-state index is 14.3. The van der Waals surface area contributed by atoms with Gasteiger partial charge in [0.2, 0.25) is 17.7 Å². The molecule has 10 heteroatoms. The average Bonchev–Trinajstić information content (AvgIpc) is 3.22. The van der Waals surface area contributed by atoms with Crippen LogP contribution >= 0.6 is 0 Å². The monoisotopic (exact) mass is 530 g/mol. The molecular weight excluding hydrogens is 488 g/mol. The summed E-state index contributed by atoms with van der Waals surface area (Å²) in [5, 5.41) is 10.4. The molecule has 10 nitrogen and oxygen atoms in total. The molecule has 5 rings (SSSR count). The van der Waals surface area contributed by atoms with Crippen LogP contribution in [-0.2, 0) is 23.9 Å². The van der Waals surface area contributed by atoms with Crippen molar-refractivity contribution >= 4 is 17.7 Å². The summed E-state index contributed by atoms with van der Waals surface area (Å²) in [5.74, 6) is -2.17. The smallest absolute Gasteiger partial charge is 0.249 e. The molecule has 3 amide bonds. The van der Waals surface area contributed by atoms with Crippen LogP contribution in [0, 0.1) is 17.8 Å². The van der Waals surface area contributed by atoms with Crippen molar-refractivity contribution in [3.8, 4) is 0 Å². The van der Waals surface area contributed by atoms with E-state index >= 15 is 0 Å². The zero-order chi connectivity index (χ0) is 27.0. The lowest BCUT2D eigenvalue weighted by atomic mass is 9.77. The second-order valence-corrected chi connectivity index (χ2v) is 11.4. The lowest BCUT2D eigenvalue weighted by molar-refractivity contribution is -0.152. The second-order valence-electron chi connectivity index (χ2n) is 11.4. The third-order valence-electron chi connectivity index (χ3n) is 8.86. The van der Waals surface area contributed by atoms with Crippen LogP contribution in [0.25, 0.3) is 0 Å². The number of ether oxygens (including phenoxy) is 2. The Morgan fingerprint density at radius 2 is 1.71 bits per heavy atom. The number of hydrogen-bond acceptors (Lipinski definition) is 7. The molecule has 1 N–H and O–H groups in total. The van der Waals surface area contributed by atoms with E-state index in [4.69, 9.17) is 9.47 Å². The molecule has 5 aliphatic rings. The Hall–Kier alpha value is -2.27. The van der Waals surface area contributed by atoms with Crippen LogP contribution in [0.1, 0.15) is 27.2 Å². The molecule has 3 saturated heterocycles. The number of likely N-dealkylation sites (tertiary alicyclic amines) is 1. The summed E-state index contributed by atoms with van der Waals surface area (Å²) in [5.41, 5.74) is -1.26. The van der Waals surface area contributed by atoms with Gasteiger partial charge in [0, 0.05) is 45.8 Å². The minimum Gasteiger partial charge on any atom is -0.394 e. The molecular formula is C28H42N4O6. The SMILES string of the molecule is CCCN1CC=C[C@@H]2O[C@]34C=CCN(CCN5CCOCC5)C(=O)C3N([C@@H](CO)C(C)C)C(=O)[C@@H]4[C@@H]2C1=O. The standard InChI is InChI=1S/C28H42N4O6/c1-4-9-30-10-5-7-21-22(25(30)34)23-26(35)32(20(18-33)19(2)3)24-27(36)31(11-6-8-28(23,24)38-21)13-12-29-14-16-37-17-15-29/h5-8,19-24,33H,4,9-18H2,1-3H3/t20-,21-,22+,23-,24?,28-/m0/s1. The van der Waals surface area contributed by atoms with E-state index in [2.05, 4.69) is 4.90 Å². The Bertz CT molecular complexity index is 978. The first kappa shape index (κ1) is 27.3. The van der Waals surface area contributed by atoms with Gasteiger partial charge in [-0.05, 0) is 12.3 Å². The fraction of sp³-hybridized carbons (Fsp3) is 0.750. The quantitative estimate of drug-likeness (QED) is 0.445. The minimum absolute atomic E-state index is 0.0845. The molecule has 0 aromatic rings. The molecule has 5 aliphatic heterocycles. The van der Waals surface area contributed by atoms with E-state index in [1.54, 1.807) is 14.7 Å². The van der Waals surface area contributed by atoms with Gasteiger partial charge in [0.15, 0.2) is 0 Å². The zero-order valence-electron chi connectivity index (χ0n) is 22.8. The summed E-state index contributed by atoms with van der Waals surface area (Å²) in [6.45, 7) is 11.4. The second kappa shape index (κ2) is 11.1. The predicted molar refractivity (Wildman–Crippen MR) is 140 cm³/mol. The van der Waals surface area contributed by atoms with Gasteiger partial charge >= 0.3 is 0 Å². The number of carbonyl (C=O) groups is 3. The van der Waals surface area contributed by atoms with E-state index in [1.807, 2.05) is 45.1 Å². The number of fused-ring (bicyclic) bond motifs is 2. The zero-order valence-corrected chi connectivity index (χ0v) is 22.8. The Labute approximate surface area is 225 Å². The van der Waals surface area contributed by atoms with Gasteiger partial charge in [-0.2, -0.15) is 0 Å². The molecule has 1 spiro atoms. The van der Waals surface area contributed by atoms with E-state index in [9.17, 15) is 19.5 Å². The van der Waals surface area contributed by atoms with Gasteiger partial charge in [-0.3, -0.25) is 19.3 Å². The van der Waals surface area contributed by atoms with Crippen molar-refractivity contribution in [2.45, 2.75) is 51.0 Å². The fourth-order valence-corrected chi connectivity index (χ4v) is 6.91. The van der Waals surface area contributed by atoms with Crippen LogP contribution in [0.5, 0.6) is 0 Å². The summed E-state index contributed by atoms with van der Waals surface area (Å²) in [7, 11) is 0. The Kier molecular flexibility index (Phi) is 7.96. The lowest BCUT2D eigenvalue weighted by Gasteiger charge is -2.40. The molecule has 0 saturated carbocycles. The molecule has 0 aromatic heterocycles. The summed E-state index contributed by atoms with van der Waals surface area (Å²) >= 11 is 0. The Morgan fingerprint density at radius 1 is 1.00 bits per heavy atom. The highest BCUT2D eigenvalue weighted by atomic mass is 16.5. The average molecular weight is 531 g/mol. The molecule has 5 heterocycles. The largest absolute Gasteiger partial charge is 0.394 e. The first-order valence-corrected chi connectivity index (χ1v) is 14.2. The number of aliphatic hydroxyl groups excluding tert-OH is 1. The van der Waals surface area contributed by atoms with Gasteiger partial charge in [0.1, 0.15) is 11.6 Å². The highest BCUT2D eigenvalue weighted by molar-refractivity contribution is 6.00. The van der Waals surface area contributed by atoms with Crippen molar-refractivity contribution in [3.63, 3.8) is 0 Å². The van der Waals surface area contributed by atoms with Crippen molar-refractivity contribution in [2.75, 3.05) is 65.6 Å². The molecule has 3 fully saturated rings. The topological polar surface area (TPSA) is 103 Å². The minimum atomic E-state index is -1.26. The maximum Gasteiger partial charge on any atom is 0.249 e. The van der Waals surface area contributed by atoms with Crippen molar-refractivity contribution < 1.29 is 29.0 Å². The molecule has 1 unspecified atom stereocenters. The maximum absolute atomic E-state index is 14.3. The highest BCUT2D eigenvalue weighted by Gasteiger charge is 2.72. The van der Waals surface area contributed by atoms with Gasteiger partial charge in [-0.25, -0.2) is 0 Å². The van der Waals surface area contributed by atoms with Gasteiger partial charge in [0.05, 0.1) is 43.8 Å². The number of aliphatic hydroxyl groups is 1. The number of hydrogen-bond donors (Lipinski definition) is 1. The molecule has 6 atom stereocenters. The summed E-state index contributed by atoms with van der Waals surface area (Å²) in [6, 6.07) is -1.49. The third kappa shape index (κ3) is 4.49. The number of carbonyl (C=O) groups excluding carboxylic acids is 3. The van der Waals surface area contributed by atoms with E-state index in [0.29, 0.717) is 45.9 Å².